The summed E-state index contributed by atoms with van der Waals surface area (Å²) >= 11 is 0. The molecule has 0 aromatic heterocycles. The van der Waals surface area contributed by atoms with Crippen LogP contribution in [0, 0.1) is 4.91 Å². The molecule has 0 spiro atoms. The highest BCUT2D eigenvalue weighted by atomic mass is 16.3. The molecule has 2 unspecified atom stereocenters. The summed E-state index contributed by atoms with van der Waals surface area (Å²) in [5.41, 5.74) is 0.886. The number of aliphatic hydroxyl groups excluding tert-OH is 1. The fraction of sp³-hybridized carbons (Fsp3) is 0.571. The Hall–Kier alpha value is -1.22. The predicted molar refractivity (Wildman–Crippen MR) is 69.7 cm³/mol. The van der Waals surface area contributed by atoms with Crippen LogP contribution in [0.5, 0.6) is 0 Å². The van der Waals surface area contributed by atoms with Crippen LogP contribution in [-0.4, -0.2) is 11.2 Å². The van der Waals surface area contributed by atoms with Crippen molar-refractivity contribution in [3.8, 4) is 0 Å². The molecule has 0 radical (unpaired) electrons. The largest absolute Gasteiger partial charge is 0.393 e. The van der Waals surface area contributed by atoms with Crippen LogP contribution in [0.15, 0.2) is 35.5 Å². The lowest BCUT2D eigenvalue weighted by Gasteiger charge is -2.14. The molecule has 1 aromatic carbocycles. The molecule has 1 N–H and O–H groups in total. The highest BCUT2D eigenvalue weighted by molar-refractivity contribution is 5.19. The highest BCUT2D eigenvalue weighted by Crippen LogP contribution is 2.24. The lowest BCUT2D eigenvalue weighted by Crippen LogP contribution is -2.11. The van der Waals surface area contributed by atoms with E-state index in [1.54, 1.807) is 0 Å². The zero-order valence-electron chi connectivity index (χ0n) is 10.4. The number of aliphatic hydroxyl groups is 1. The SMILES string of the molecule is CCCCCC(O)CC(N=O)c1ccccc1. The van der Waals surface area contributed by atoms with Gasteiger partial charge in [0.2, 0.25) is 0 Å². The van der Waals surface area contributed by atoms with Gasteiger partial charge in [0.1, 0.15) is 6.04 Å². The smallest absolute Gasteiger partial charge is 0.119 e. The molecule has 0 aliphatic rings. The molecule has 0 saturated heterocycles. The first-order chi connectivity index (χ1) is 8.27. The summed E-state index contributed by atoms with van der Waals surface area (Å²) in [6.45, 7) is 2.13. The molecular weight excluding hydrogens is 214 g/mol. The Morgan fingerprint density at radius 1 is 1.24 bits per heavy atom. The second-order valence-corrected chi connectivity index (χ2v) is 4.42. The van der Waals surface area contributed by atoms with Crippen LogP contribution in [0.3, 0.4) is 0 Å². The van der Waals surface area contributed by atoms with Gasteiger partial charge >= 0.3 is 0 Å². The van der Waals surface area contributed by atoms with Crippen LogP contribution < -0.4 is 0 Å². The van der Waals surface area contributed by atoms with Crippen molar-refractivity contribution in [1.29, 1.82) is 0 Å². The minimum absolute atomic E-state index is 0.423. The van der Waals surface area contributed by atoms with Gasteiger partial charge in [-0.05, 0) is 12.0 Å². The molecule has 0 amide bonds. The van der Waals surface area contributed by atoms with E-state index in [2.05, 4.69) is 12.1 Å². The Balaban J connectivity index is 2.44. The van der Waals surface area contributed by atoms with Crippen molar-refractivity contribution < 1.29 is 5.11 Å². The summed E-state index contributed by atoms with van der Waals surface area (Å²) in [6, 6.07) is 9.01. The summed E-state index contributed by atoms with van der Waals surface area (Å²) in [5, 5.41) is 13.0. The minimum atomic E-state index is -0.426. The van der Waals surface area contributed by atoms with Crippen molar-refractivity contribution in [3.05, 3.63) is 40.8 Å². The summed E-state index contributed by atoms with van der Waals surface area (Å²) < 4.78 is 0. The molecule has 2 atom stereocenters. The van der Waals surface area contributed by atoms with Crippen molar-refractivity contribution >= 4 is 0 Å². The molecular formula is C14H21NO2. The van der Waals surface area contributed by atoms with E-state index in [1.807, 2.05) is 30.3 Å². The molecule has 1 aromatic rings. The number of hydrogen-bond donors (Lipinski definition) is 1. The first-order valence-corrected chi connectivity index (χ1v) is 6.33. The second-order valence-electron chi connectivity index (χ2n) is 4.42. The first-order valence-electron chi connectivity index (χ1n) is 6.33. The number of hydrogen-bond acceptors (Lipinski definition) is 3. The fourth-order valence-corrected chi connectivity index (χ4v) is 1.92. The number of benzene rings is 1. The summed E-state index contributed by atoms with van der Waals surface area (Å²) in [4.78, 5) is 10.8. The van der Waals surface area contributed by atoms with Crippen LogP contribution in [0.25, 0.3) is 0 Å². The van der Waals surface area contributed by atoms with Gasteiger partial charge in [0, 0.05) is 6.42 Å². The normalized spacial score (nSPS) is 14.2. The van der Waals surface area contributed by atoms with Crippen molar-refractivity contribution in [2.45, 2.75) is 51.2 Å². The van der Waals surface area contributed by atoms with Crippen LogP contribution in [0.4, 0.5) is 0 Å². The van der Waals surface area contributed by atoms with E-state index in [0.717, 1.165) is 31.2 Å². The molecule has 1 rings (SSSR count). The zero-order chi connectivity index (χ0) is 12.5. The maximum absolute atomic E-state index is 10.8. The fourth-order valence-electron chi connectivity index (χ4n) is 1.92. The minimum Gasteiger partial charge on any atom is -0.393 e. The van der Waals surface area contributed by atoms with Crippen LogP contribution in [0.1, 0.15) is 50.6 Å². The summed E-state index contributed by atoms with van der Waals surface area (Å²) in [7, 11) is 0. The van der Waals surface area contributed by atoms with Crippen LogP contribution in [-0.2, 0) is 0 Å². The van der Waals surface area contributed by atoms with Crippen LogP contribution in [0.2, 0.25) is 0 Å². The average molecular weight is 235 g/mol. The third-order valence-electron chi connectivity index (χ3n) is 2.95. The maximum atomic E-state index is 10.8. The van der Waals surface area contributed by atoms with Crippen molar-refractivity contribution in [2.24, 2.45) is 5.18 Å². The first kappa shape index (κ1) is 13.8. The molecule has 17 heavy (non-hydrogen) atoms. The van der Waals surface area contributed by atoms with Crippen molar-refractivity contribution in [2.75, 3.05) is 0 Å². The third kappa shape index (κ3) is 5.09. The topological polar surface area (TPSA) is 49.7 Å². The van der Waals surface area contributed by atoms with Gasteiger partial charge in [-0.15, -0.1) is 0 Å². The molecule has 0 bridgehead atoms. The maximum Gasteiger partial charge on any atom is 0.119 e. The number of unbranched alkanes of at least 4 members (excludes halogenated alkanes) is 2. The molecule has 0 fully saturated rings. The van der Waals surface area contributed by atoms with E-state index < -0.39 is 12.1 Å². The van der Waals surface area contributed by atoms with E-state index in [1.165, 1.54) is 0 Å². The predicted octanol–water partition coefficient (Wildman–Crippen LogP) is 3.83. The van der Waals surface area contributed by atoms with E-state index in [-0.39, 0.29) is 0 Å². The Bertz CT molecular complexity index is 313. The monoisotopic (exact) mass is 235 g/mol. The average Bonchev–Trinajstić information content (AvgIpc) is 2.37. The number of nitroso groups, excluding NO2 is 1. The lowest BCUT2D eigenvalue weighted by molar-refractivity contribution is 0.142. The summed E-state index contributed by atoms with van der Waals surface area (Å²) in [6.07, 6.45) is 4.04. The molecule has 0 saturated carbocycles. The van der Waals surface area contributed by atoms with Crippen molar-refractivity contribution in [1.82, 2.24) is 0 Å². The number of rotatable bonds is 8. The van der Waals surface area contributed by atoms with E-state index in [9.17, 15) is 10.0 Å². The molecule has 0 heterocycles. The Morgan fingerprint density at radius 3 is 2.53 bits per heavy atom. The standard InChI is InChI=1S/C14H21NO2/c1-2-3-5-10-13(16)11-14(15-17)12-8-6-4-7-9-12/h4,6-9,13-14,16H,2-3,5,10-11H2,1H3. The lowest BCUT2D eigenvalue weighted by atomic mass is 9.98. The van der Waals surface area contributed by atoms with Crippen LogP contribution >= 0.6 is 0 Å². The van der Waals surface area contributed by atoms with Gasteiger partial charge in [0.25, 0.3) is 0 Å². The Labute approximate surface area is 103 Å². The highest BCUT2D eigenvalue weighted by Gasteiger charge is 2.16. The zero-order valence-corrected chi connectivity index (χ0v) is 10.4. The van der Waals surface area contributed by atoms with Crippen molar-refractivity contribution in [3.63, 3.8) is 0 Å². The van der Waals surface area contributed by atoms with Gasteiger partial charge in [0.15, 0.2) is 0 Å². The van der Waals surface area contributed by atoms with Gasteiger partial charge in [-0.2, -0.15) is 4.91 Å². The molecule has 3 heteroatoms. The van der Waals surface area contributed by atoms with Gasteiger partial charge in [-0.1, -0.05) is 61.7 Å². The Morgan fingerprint density at radius 2 is 1.94 bits per heavy atom. The third-order valence-corrected chi connectivity index (χ3v) is 2.95. The molecule has 0 aliphatic carbocycles. The quantitative estimate of drug-likeness (QED) is 0.550. The molecule has 0 aliphatic heterocycles. The van der Waals surface area contributed by atoms with E-state index in [4.69, 9.17) is 0 Å². The second kappa shape index (κ2) is 7.96. The molecule has 94 valence electrons. The van der Waals surface area contributed by atoms with Gasteiger partial charge < -0.3 is 5.11 Å². The number of nitrogens with zero attached hydrogens (tertiary/aromatic N) is 1. The van der Waals surface area contributed by atoms with E-state index in [0.29, 0.717) is 6.42 Å². The van der Waals surface area contributed by atoms with Gasteiger partial charge in [0.05, 0.1) is 6.10 Å². The van der Waals surface area contributed by atoms with E-state index >= 15 is 0 Å². The summed E-state index contributed by atoms with van der Waals surface area (Å²) in [5.74, 6) is 0. The van der Waals surface area contributed by atoms with Gasteiger partial charge in [-0.3, -0.25) is 0 Å². The van der Waals surface area contributed by atoms with Gasteiger partial charge in [-0.25, -0.2) is 0 Å². The molecule has 3 nitrogen and oxygen atoms in total. The Kier molecular flexibility index (Phi) is 6.48.